The number of pyridine rings is 1. The SMILES string of the molecule is CCOCC(C)NCc1cccc(OC)n1. The summed E-state index contributed by atoms with van der Waals surface area (Å²) in [4.78, 5) is 4.32. The summed E-state index contributed by atoms with van der Waals surface area (Å²) in [5.41, 5.74) is 0.975. The fourth-order valence-electron chi connectivity index (χ4n) is 1.30. The van der Waals surface area contributed by atoms with E-state index in [9.17, 15) is 0 Å². The van der Waals surface area contributed by atoms with Crippen molar-refractivity contribution in [2.45, 2.75) is 26.4 Å². The fourth-order valence-corrected chi connectivity index (χ4v) is 1.30. The Morgan fingerprint density at radius 2 is 2.25 bits per heavy atom. The molecule has 0 saturated carbocycles. The Morgan fingerprint density at radius 1 is 1.44 bits per heavy atom. The van der Waals surface area contributed by atoms with Gasteiger partial charge in [0.25, 0.3) is 0 Å². The van der Waals surface area contributed by atoms with E-state index in [0.29, 0.717) is 11.9 Å². The van der Waals surface area contributed by atoms with Gasteiger partial charge in [-0.2, -0.15) is 0 Å². The predicted molar refractivity (Wildman–Crippen MR) is 63.6 cm³/mol. The quantitative estimate of drug-likeness (QED) is 0.764. The molecule has 0 spiro atoms. The molecule has 1 aromatic rings. The van der Waals surface area contributed by atoms with Crippen molar-refractivity contribution in [2.24, 2.45) is 0 Å². The molecule has 4 heteroatoms. The number of aromatic nitrogens is 1. The molecular formula is C12H20N2O2. The van der Waals surface area contributed by atoms with Crippen molar-refractivity contribution in [1.29, 1.82) is 0 Å². The van der Waals surface area contributed by atoms with Gasteiger partial charge in [-0.1, -0.05) is 6.07 Å². The van der Waals surface area contributed by atoms with Crippen LogP contribution in [0.15, 0.2) is 18.2 Å². The van der Waals surface area contributed by atoms with E-state index in [4.69, 9.17) is 9.47 Å². The third-order valence-corrected chi connectivity index (χ3v) is 2.19. The van der Waals surface area contributed by atoms with Crippen molar-refractivity contribution in [1.82, 2.24) is 10.3 Å². The second-order valence-corrected chi connectivity index (χ2v) is 3.61. The first kappa shape index (κ1) is 12.9. The van der Waals surface area contributed by atoms with E-state index in [0.717, 1.165) is 25.5 Å². The molecule has 1 unspecified atom stereocenters. The van der Waals surface area contributed by atoms with Gasteiger partial charge in [0.1, 0.15) is 0 Å². The van der Waals surface area contributed by atoms with Crippen LogP contribution in [-0.2, 0) is 11.3 Å². The molecule has 0 aromatic carbocycles. The van der Waals surface area contributed by atoms with Crippen molar-refractivity contribution in [3.8, 4) is 5.88 Å². The van der Waals surface area contributed by atoms with Crippen LogP contribution in [0, 0.1) is 0 Å². The zero-order valence-corrected chi connectivity index (χ0v) is 10.2. The van der Waals surface area contributed by atoms with Crippen molar-refractivity contribution in [2.75, 3.05) is 20.3 Å². The topological polar surface area (TPSA) is 43.4 Å². The van der Waals surface area contributed by atoms with Crippen LogP contribution in [-0.4, -0.2) is 31.3 Å². The summed E-state index contributed by atoms with van der Waals surface area (Å²) >= 11 is 0. The second-order valence-electron chi connectivity index (χ2n) is 3.61. The lowest BCUT2D eigenvalue weighted by molar-refractivity contribution is 0.127. The highest BCUT2D eigenvalue weighted by Gasteiger charge is 2.02. The van der Waals surface area contributed by atoms with E-state index >= 15 is 0 Å². The molecule has 1 aromatic heterocycles. The summed E-state index contributed by atoms with van der Waals surface area (Å²) in [7, 11) is 1.62. The lowest BCUT2D eigenvalue weighted by atomic mass is 10.3. The average Bonchev–Trinajstić information content (AvgIpc) is 2.34. The Balaban J connectivity index is 2.35. The van der Waals surface area contributed by atoms with Crippen LogP contribution >= 0.6 is 0 Å². The van der Waals surface area contributed by atoms with Gasteiger partial charge in [0.15, 0.2) is 0 Å². The maximum Gasteiger partial charge on any atom is 0.213 e. The molecular weight excluding hydrogens is 204 g/mol. The molecule has 4 nitrogen and oxygen atoms in total. The molecule has 0 amide bonds. The van der Waals surface area contributed by atoms with Gasteiger partial charge in [0.2, 0.25) is 5.88 Å². The maximum absolute atomic E-state index is 5.32. The van der Waals surface area contributed by atoms with Crippen LogP contribution in [0.3, 0.4) is 0 Å². The lowest BCUT2D eigenvalue weighted by Gasteiger charge is -2.13. The molecule has 0 radical (unpaired) electrons. The van der Waals surface area contributed by atoms with E-state index in [-0.39, 0.29) is 0 Å². The highest BCUT2D eigenvalue weighted by atomic mass is 16.5. The van der Waals surface area contributed by atoms with Crippen LogP contribution in [0.2, 0.25) is 0 Å². The van der Waals surface area contributed by atoms with Crippen molar-refractivity contribution >= 4 is 0 Å². The summed E-state index contributed by atoms with van der Waals surface area (Å²) < 4.78 is 10.4. The van der Waals surface area contributed by atoms with E-state index < -0.39 is 0 Å². The Kier molecular flexibility index (Phi) is 5.82. The van der Waals surface area contributed by atoms with Gasteiger partial charge in [-0.05, 0) is 19.9 Å². The van der Waals surface area contributed by atoms with Gasteiger partial charge in [-0.15, -0.1) is 0 Å². The number of nitrogens with one attached hydrogen (secondary N) is 1. The van der Waals surface area contributed by atoms with Gasteiger partial charge in [0, 0.05) is 25.3 Å². The molecule has 0 aliphatic carbocycles. The van der Waals surface area contributed by atoms with E-state index in [1.54, 1.807) is 7.11 Å². The van der Waals surface area contributed by atoms with Crippen LogP contribution < -0.4 is 10.1 Å². The van der Waals surface area contributed by atoms with Gasteiger partial charge >= 0.3 is 0 Å². The summed E-state index contributed by atoms with van der Waals surface area (Å²) in [5.74, 6) is 0.650. The second kappa shape index (κ2) is 7.19. The minimum Gasteiger partial charge on any atom is -0.481 e. The fraction of sp³-hybridized carbons (Fsp3) is 0.583. The molecule has 1 rings (SSSR count). The maximum atomic E-state index is 5.32. The lowest BCUT2D eigenvalue weighted by Crippen LogP contribution is -2.30. The third-order valence-electron chi connectivity index (χ3n) is 2.19. The highest BCUT2D eigenvalue weighted by Crippen LogP contribution is 2.06. The number of methoxy groups -OCH3 is 1. The number of rotatable bonds is 7. The molecule has 0 aliphatic rings. The molecule has 16 heavy (non-hydrogen) atoms. The largest absolute Gasteiger partial charge is 0.481 e. The molecule has 0 bridgehead atoms. The normalized spacial score (nSPS) is 12.4. The molecule has 1 atom stereocenters. The smallest absolute Gasteiger partial charge is 0.213 e. The molecule has 90 valence electrons. The average molecular weight is 224 g/mol. The van der Waals surface area contributed by atoms with Gasteiger partial charge in [-0.3, -0.25) is 0 Å². The predicted octanol–water partition coefficient (Wildman–Crippen LogP) is 1.60. The van der Waals surface area contributed by atoms with Crippen LogP contribution in [0.4, 0.5) is 0 Å². The van der Waals surface area contributed by atoms with Gasteiger partial charge in [-0.25, -0.2) is 4.98 Å². The molecule has 0 saturated heterocycles. The van der Waals surface area contributed by atoms with Crippen molar-refractivity contribution in [3.63, 3.8) is 0 Å². The summed E-state index contributed by atoms with van der Waals surface area (Å²) in [6, 6.07) is 6.08. The number of ether oxygens (including phenoxy) is 2. The number of hydrogen-bond donors (Lipinski definition) is 1. The van der Waals surface area contributed by atoms with E-state index in [2.05, 4.69) is 17.2 Å². The molecule has 0 aliphatic heterocycles. The Morgan fingerprint density at radius 3 is 2.94 bits per heavy atom. The standard InChI is InChI=1S/C12H20N2O2/c1-4-16-9-10(2)13-8-11-6-5-7-12(14-11)15-3/h5-7,10,13H,4,8-9H2,1-3H3. The van der Waals surface area contributed by atoms with Crippen LogP contribution in [0.5, 0.6) is 5.88 Å². The Labute approximate surface area is 97.0 Å². The molecule has 1 N–H and O–H groups in total. The molecule has 0 fully saturated rings. The zero-order chi connectivity index (χ0) is 11.8. The minimum atomic E-state index is 0.327. The highest BCUT2D eigenvalue weighted by molar-refractivity contribution is 5.15. The first-order valence-electron chi connectivity index (χ1n) is 5.57. The third kappa shape index (κ3) is 4.59. The number of hydrogen-bond acceptors (Lipinski definition) is 4. The van der Waals surface area contributed by atoms with Crippen LogP contribution in [0.1, 0.15) is 19.5 Å². The Bertz CT molecular complexity index is 305. The summed E-state index contributed by atoms with van der Waals surface area (Å²) in [6.07, 6.45) is 0. The first-order valence-corrected chi connectivity index (χ1v) is 5.57. The van der Waals surface area contributed by atoms with Gasteiger partial charge in [0.05, 0.1) is 19.4 Å². The first-order chi connectivity index (χ1) is 7.76. The van der Waals surface area contributed by atoms with E-state index in [1.807, 2.05) is 25.1 Å². The summed E-state index contributed by atoms with van der Waals surface area (Å²) in [5, 5.41) is 3.34. The minimum absolute atomic E-state index is 0.327. The van der Waals surface area contributed by atoms with Crippen LogP contribution in [0.25, 0.3) is 0 Å². The Hall–Kier alpha value is -1.13. The van der Waals surface area contributed by atoms with Crippen molar-refractivity contribution in [3.05, 3.63) is 23.9 Å². The zero-order valence-electron chi connectivity index (χ0n) is 10.2. The van der Waals surface area contributed by atoms with Gasteiger partial charge < -0.3 is 14.8 Å². The number of nitrogens with zero attached hydrogens (tertiary/aromatic N) is 1. The molecule has 1 heterocycles. The van der Waals surface area contributed by atoms with E-state index in [1.165, 1.54) is 0 Å². The summed E-state index contributed by atoms with van der Waals surface area (Å²) in [6.45, 7) is 6.29. The monoisotopic (exact) mass is 224 g/mol. The van der Waals surface area contributed by atoms with Crippen molar-refractivity contribution < 1.29 is 9.47 Å².